The van der Waals surface area contributed by atoms with E-state index in [1.165, 1.54) is 16.3 Å². The molecular formula is C32H33F3N4O5. The van der Waals surface area contributed by atoms with Crippen LogP contribution in [0.25, 0.3) is 10.8 Å². The third-order valence-electron chi connectivity index (χ3n) is 8.05. The van der Waals surface area contributed by atoms with Crippen molar-refractivity contribution in [3.8, 4) is 5.75 Å². The number of hydrogen-bond donors (Lipinski definition) is 1. The predicted octanol–water partition coefficient (Wildman–Crippen LogP) is 5.66. The predicted molar refractivity (Wildman–Crippen MR) is 154 cm³/mol. The third kappa shape index (κ3) is 7.37. The molecule has 232 valence electrons. The lowest BCUT2D eigenvalue weighted by Gasteiger charge is -2.32. The minimum atomic E-state index is -5.05. The highest BCUT2D eigenvalue weighted by Crippen LogP contribution is 2.31. The molecular weight excluding hydrogens is 577 g/mol. The van der Waals surface area contributed by atoms with Gasteiger partial charge in [-0.15, -0.1) is 5.06 Å². The minimum absolute atomic E-state index is 0.0338. The summed E-state index contributed by atoms with van der Waals surface area (Å²) in [6.07, 6.45) is -2.91. The average Bonchev–Trinajstić information content (AvgIpc) is 3.52. The van der Waals surface area contributed by atoms with Gasteiger partial charge in [0.1, 0.15) is 5.75 Å². The van der Waals surface area contributed by atoms with Crippen LogP contribution in [0.4, 0.5) is 13.2 Å². The molecule has 3 aromatic carbocycles. The van der Waals surface area contributed by atoms with Crippen LogP contribution in [0.2, 0.25) is 0 Å². The maximum Gasteiger partial charge on any atom is 0.492 e. The number of aromatic nitrogens is 2. The van der Waals surface area contributed by atoms with Crippen LogP contribution in [0.15, 0.2) is 71.3 Å². The fourth-order valence-corrected chi connectivity index (χ4v) is 5.77. The summed E-state index contributed by atoms with van der Waals surface area (Å²) in [6.45, 7) is 2.53. The number of alkyl halides is 3. The summed E-state index contributed by atoms with van der Waals surface area (Å²) in [7, 11) is 0. The van der Waals surface area contributed by atoms with Crippen LogP contribution in [-0.2, 0) is 27.6 Å². The molecule has 6 rings (SSSR count). The van der Waals surface area contributed by atoms with Crippen molar-refractivity contribution in [1.82, 2.24) is 20.5 Å². The first-order chi connectivity index (χ1) is 21.3. The lowest BCUT2D eigenvalue weighted by Crippen LogP contribution is -2.40. The number of carbonyl (C=O) groups excluding carboxylic acids is 1. The van der Waals surface area contributed by atoms with Gasteiger partial charge in [-0.05, 0) is 65.9 Å². The number of benzene rings is 3. The normalized spacial score (nSPS) is 21.3. The largest absolute Gasteiger partial charge is 0.492 e. The Morgan fingerprint density at radius 2 is 1.84 bits per heavy atom. The highest BCUT2D eigenvalue weighted by molar-refractivity contribution is 5.82. The second-order valence-electron chi connectivity index (χ2n) is 11.1. The standard InChI is InChI=1S/C32H33F3N4O5/c33-32(34,35)31(40)44-39-15-3-6-25(18-39)30-37-29(43-38-30)20-41-26-11-9-23(10-12-26)27-13-14-36-17-28(27)42-19-21-7-8-22-4-1-2-5-24(22)16-21/h1-2,4-5,7-12,16,25,27-28,36H,3,6,13-15,17-20H2. The molecule has 0 bridgehead atoms. The molecule has 1 N–H and O–H groups in total. The first-order valence-electron chi connectivity index (χ1n) is 14.7. The maximum absolute atomic E-state index is 12.6. The molecule has 0 amide bonds. The van der Waals surface area contributed by atoms with E-state index >= 15 is 0 Å². The fraction of sp³-hybridized carbons (Fsp3) is 0.406. The van der Waals surface area contributed by atoms with Crippen molar-refractivity contribution >= 4 is 16.7 Å². The van der Waals surface area contributed by atoms with Crippen LogP contribution in [-0.4, -0.2) is 59.6 Å². The molecule has 0 saturated carbocycles. The zero-order valence-electron chi connectivity index (χ0n) is 24.0. The van der Waals surface area contributed by atoms with Crippen LogP contribution in [0.5, 0.6) is 5.75 Å². The lowest BCUT2D eigenvalue weighted by atomic mass is 9.87. The van der Waals surface area contributed by atoms with E-state index in [9.17, 15) is 18.0 Å². The van der Waals surface area contributed by atoms with Gasteiger partial charge in [-0.2, -0.15) is 18.2 Å². The number of ether oxygens (including phenoxy) is 2. The van der Waals surface area contributed by atoms with E-state index in [-0.39, 0.29) is 43.5 Å². The second-order valence-corrected chi connectivity index (χ2v) is 11.1. The number of nitrogens with zero attached hydrogens (tertiary/aromatic N) is 3. The molecule has 44 heavy (non-hydrogen) atoms. The van der Waals surface area contributed by atoms with Crippen molar-refractivity contribution in [2.45, 2.75) is 56.6 Å². The van der Waals surface area contributed by atoms with Crippen LogP contribution in [0.1, 0.15) is 53.9 Å². The average molecular weight is 611 g/mol. The van der Waals surface area contributed by atoms with Crippen molar-refractivity contribution in [1.29, 1.82) is 0 Å². The van der Waals surface area contributed by atoms with Gasteiger partial charge in [0.05, 0.1) is 12.7 Å². The van der Waals surface area contributed by atoms with Crippen LogP contribution < -0.4 is 10.1 Å². The van der Waals surface area contributed by atoms with E-state index in [0.717, 1.165) is 30.1 Å². The molecule has 9 nitrogen and oxygen atoms in total. The van der Waals surface area contributed by atoms with Gasteiger partial charge in [0, 0.05) is 31.5 Å². The first kappa shape index (κ1) is 30.0. The number of rotatable bonds is 9. The Bertz CT molecular complexity index is 1560. The Balaban J connectivity index is 1.01. The topological polar surface area (TPSA) is 99.0 Å². The molecule has 12 heteroatoms. The van der Waals surface area contributed by atoms with Gasteiger partial charge in [0.15, 0.2) is 12.4 Å². The fourth-order valence-electron chi connectivity index (χ4n) is 5.77. The summed E-state index contributed by atoms with van der Waals surface area (Å²) in [5.74, 6) is -1.10. The highest BCUT2D eigenvalue weighted by atomic mass is 19.4. The van der Waals surface area contributed by atoms with Crippen molar-refractivity contribution in [2.24, 2.45) is 0 Å². The van der Waals surface area contributed by atoms with Crippen molar-refractivity contribution in [3.63, 3.8) is 0 Å². The van der Waals surface area contributed by atoms with Gasteiger partial charge in [-0.25, -0.2) is 4.79 Å². The molecule has 1 aromatic heterocycles. The summed E-state index contributed by atoms with van der Waals surface area (Å²) in [4.78, 5) is 20.0. The van der Waals surface area contributed by atoms with Crippen molar-refractivity contribution in [2.75, 3.05) is 26.2 Å². The maximum atomic E-state index is 12.6. The number of hydroxylamine groups is 2. The number of nitrogens with one attached hydrogen (secondary N) is 1. The molecule has 0 aliphatic carbocycles. The van der Waals surface area contributed by atoms with E-state index < -0.39 is 12.1 Å². The van der Waals surface area contributed by atoms with Crippen molar-refractivity contribution in [3.05, 3.63) is 89.6 Å². The Kier molecular flexibility index (Phi) is 9.10. The monoisotopic (exact) mass is 610 g/mol. The molecule has 0 spiro atoms. The second kappa shape index (κ2) is 13.3. The lowest BCUT2D eigenvalue weighted by molar-refractivity contribution is -0.242. The summed E-state index contributed by atoms with van der Waals surface area (Å²) in [5, 5.41) is 10.8. The molecule has 0 radical (unpaired) electrons. The Labute approximate surface area is 252 Å². The van der Waals surface area contributed by atoms with Crippen LogP contribution in [0, 0.1) is 0 Å². The quantitative estimate of drug-likeness (QED) is 0.257. The van der Waals surface area contributed by atoms with Crippen molar-refractivity contribution < 1.29 is 36.8 Å². The summed E-state index contributed by atoms with van der Waals surface area (Å²) in [5.41, 5.74) is 2.32. The number of halogens is 3. The summed E-state index contributed by atoms with van der Waals surface area (Å²) in [6, 6.07) is 22.6. The van der Waals surface area contributed by atoms with Gasteiger partial charge in [0.25, 0.3) is 5.89 Å². The summed E-state index contributed by atoms with van der Waals surface area (Å²) < 4.78 is 55.3. The molecule has 3 unspecified atom stereocenters. The number of fused-ring (bicyclic) bond motifs is 1. The van der Waals surface area contributed by atoms with E-state index in [4.69, 9.17) is 14.0 Å². The van der Waals surface area contributed by atoms with E-state index in [2.05, 4.69) is 62.8 Å². The third-order valence-corrected chi connectivity index (χ3v) is 8.05. The smallest absolute Gasteiger partial charge is 0.484 e. The SMILES string of the molecule is O=C(ON1CCCC(c2noc(COc3ccc(C4CCNCC4OCc4ccc5ccccc5c4)cc3)n2)C1)C(F)(F)F. The number of hydrogen-bond acceptors (Lipinski definition) is 9. The van der Waals surface area contributed by atoms with E-state index in [1.54, 1.807) is 0 Å². The van der Waals surface area contributed by atoms with E-state index in [1.807, 2.05) is 24.3 Å². The Morgan fingerprint density at radius 3 is 2.66 bits per heavy atom. The molecule has 2 aliphatic heterocycles. The zero-order chi connectivity index (χ0) is 30.5. The van der Waals surface area contributed by atoms with Gasteiger partial charge < -0.3 is 24.2 Å². The van der Waals surface area contributed by atoms with E-state index in [0.29, 0.717) is 31.0 Å². The molecule has 2 saturated heterocycles. The Morgan fingerprint density at radius 1 is 1.02 bits per heavy atom. The molecule has 4 aromatic rings. The summed E-state index contributed by atoms with van der Waals surface area (Å²) >= 11 is 0. The van der Waals surface area contributed by atoms with Gasteiger partial charge in [-0.3, -0.25) is 0 Å². The van der Waals surface area contributed by atoms with Gasteiger partial charge >= 0.3 is 12.1 Å². The highest BCUT2D eigenvalue weighted by Gasteiger charge is 2.43. The zero-order valence-corrected chi connectivity index (χ0v) is 24.0. The van der Waals surface area contributed by atoms with Gasteiger partial charge in [0.2, 0.25) is 0 Å². The number of piperidine rings is 2. The molecule has 2 fully saturated rings. The van der Waals surface area contributed by atoms with Crippen LogP contribution >= 0.6 is 0 Å². The Hall–Kier alpha value is -4.00. The first-order valence-corrected chi connectivity index (χ1v) is 14.7. The molecule has 3 atom stereocenters. The van der Waals surface area contributed by atoms with Crippen LogP contribution in [0.3, 0.4) is 0 Å². The number of carbonyl (C=O) groups is 1. The van der Waals surface area contributed by atoms with Gasteiger partial charge in [-0.1, -0.05) is 53.7 Å². The minimum Gasteiger partial charge on any atom is -0.484 e. The molecule has 3 heterocycles. The molecule has 2 aliphatic rings.